The summed E-state index contributed by atoms with van der Waals surface area (Å²) in [6.45, 7) is 5.63. The molecule has 0 aliphatic carbocycles. The van der Waals surface area contributed by atoms with Crippen LogP contribution in [0.2, 0.25) is 0 Å². The SMILES string of the molecule is CN(C)C[C@H]1COCCN(Cc2ccc(C#CCO)cc2)C1. The van der Waals surface area contributed by atoms with Crippen LogP contribution in [-0.4, -0.2) is 68.5 Å². The molecule has 1 aromatic rings. The third kappa shape index (κ3) is 5.78. The summed E-state index contributed by atoms with van der Waals surface area (Å²) in [6, 6.07) is 8.27. The van der Waals surface area contributed by atoms with Crippen LogP contribution < -0.4 is 0 Å². The van der Waals surface area contributed by atoms with Gasteiger partial charge in [0, 0.05) is 37.7 Å². The molecule has 1 N–H and O–H groups in total. The first-order valence-electron chi connectivity index (χ1n) is 7.81. The van der Waals surface area contributed by atoms with E-state index in [-0.39, 0.29) is 6.61 Å². The normalized spacial score (nSPS) is 19.5. The van der Waals surface area contributed by atoms with Crippen molar-refractivity contribution < 1.29 is 9.84 Å². The van der Waals surface area contributed by atoms with Crippen molar-refractivity contribution in [3.8, 4) is 11.8 Å². The van der Waals surface area contributed by atoms with Gasteiger partial charge in [0.25, 0.3) is 0 Å². The predicted molar refractivity (Wildman–Crippen MR) is 88.5 cm³/mol. The van der Waals surface area contributed by atoms with Crippen LogP contribution in [0.1, 0.15) is 11.1 Å². The Hall–Kier alpha value is -1.38. The molecule has 1 aliphatic heterocycles. The lowest BCUT2D eigenvalue weighted by atomic mass is 10.1. The van der Waals surface area contributed by atoms with Crippen molar-refractivity contribution in [2.45, 2.75) is 6.54 Å². The molecule has 1 atom stereocenters. The number of aliphatic hydroxyl groups is 1. The summed E-state index contributed by atoms with van der Waals surface area (Å²) in [6.07, 6.45) is 0. The second-order valence-corrected chi connectivity index (χ2v) is 6.10. The van der Waals surface area contributed by atoms with E-state index in [4.69, 9.17) is 9.84 Å². The highest BCUT2D eigenvalue weighted by atomic mass is 16.5. The number of ether oxygens (including phenoxy) is 1. The average Bonchev–Trinajstić information content (AvgIpc) is 2.71. The number of benzene rings is 1. The largest absolute Gasteiger partial charge is 0.384 e. The number of aliphatic hydroxyl groups excluding tert-OH is 1. The first kappa shape index (κ1) is 17.0. The van der Waals surface area contributed by atoms with E-state index >= 15 is 0 Å². The summed E-state index contributed by atoms with van der Waals surface area (Å²) in [5.74, 6) is 6.16. The number of hydrogen-bond acceptors (Lipinski definition) is 4. The second kappa shape index (κ2) is 8.92. The third-order valence-electron chi connectivity index (χ3n) is 3.72. The van der Waals surface area contributed by atoms with E-state index in [1.807, 2.05) is 12.1 Å². The minimum atomic E-state index is -0.0945. The molecule has 2 rings (SSSR count). The summed E-state index contributed by atoms with van der Waals surface area (Å²) in [5.41, 5.74) is 2.24. The third-order valence-corrected chi connectivity index (χ3v) is 3.72. The molecule has 0 radical (unpaired) electrons. The molecule has 0 aromatic heterocycles. The monoisotopic (exact) mass is 302 g/mol. The first-order chi connectivity index (χ1) is 10.7. The van der Waals surface area contributed by atoms with Crippen LogP contribution in [0.15, 0.2) is 24.3 Å². The van der Waals surface area contributed by atoms with Crippen LogP contribution in [0.3, 0.4) is 0 Å². The lowest BCUT2D eigenvalue weighted by Crippen LogP contribution is -2.34. The molecule has 120 valence electrons. The molecule has 1 saturated heterocycles. The van der Waals surface area contributed by atoms with Crippen LogP contribution in [0.25, 0.3) is 0 Å². The zero-order valence-electron chi connectivity index (χ0n) is 13.6. The highest BCUT2D eigenvalue weighted by molar-refractivity contribution is 5.36. The Bertz CT molecular complexity index is 502. The van der Waals surface area contributed by atoms with E-state index in [9.17, 15) is 0 Å². The van der Waals surface area contributed by atoms with Crippen molar-refractivity contribution in [2.75, 3.05) is 53.6 Å². The van der Waals surface area contributed by atoms with Gasteiger partial charge in [-0.2, -0.15) is 0 Å². The lowest BCUT2D eigenvalue weighted by Gasteiger charge is -2.25. The van der Waals surface area contributed by atoms with Gasteiger partial charge >= 0.3 is 0 Å². The second-order valence-electron chi connectivity index (χ2n) is 6.10. The minimum Gasteiger partial charge on any atom is -0.384 e. The fourth-order valence-electron chi connectivity index (χ4n) is 2.82. The molecule has 4 nitrogen and oxygen atoms in total. The molecule has 1 heterocycles. The molecule has 22 heavy (non-hydrogen) atoms. The van der Waals surface area contributed by atoms with Crippen molar-refractivity contribution >= 4 is 0 Å². The molecule has 0 amide bonds. The highest BCUT2D eigenvalue weighted by Crippen LogP contribution is 2.13. The highest BCUT2D eigenvalue weighted by Gasteiger charge is 2.19. The Labute approximate surface area is 133 Å². The Morgan fingerprint density at radius 1 is 1.32 bits per heavy atom. The first-order valence-corrected chi connectivity index (χ1v) is 7.81. The van der Waals surface area contributed by atoms with Gasteiger partial charge < -0.3 is 14.7 Å². The van der Waals surface area contributed by atoms with Crippen LogP contribution in [0.5, 0.6) is 0 Å². The van der Waals surface area contributed by atoms with Crippen molar-refractivity contribution in [1.29, 1.82) is 0 Å². The molecule has 0 bridgehead atoms. The summed E-state index contributed by atoms with van der Waals surface area (Å²) < 4.78 is 5.73. The van der Waals surface area contributed by atoms with E-state index in [0.29, 0.717) is 5.92 Å². The number of rotatable bonds is 4. The molecular formula is C18H26N2O2. The van der Waals surface area contributed by atoms with Gasteiger partial charge in [0.05, 0.1) is 13.2 Å². The summed E-state index contributed by atoms with van der Waals surface area (Å²) in [7, 11) is 4.22. The smallest absolute Gasteiger partial charge is 0.104 e. The van der Waals surface area contributed by atoms with Gasteiger partial charge in [0.1, 0.15) is 6.61 Å². The Morgan fingerprint density at radius 3 is 2.77 bits per heavy atom. The Morgan fingerprint density at radius 2 is 2.09 bits per heavy atom. The summed E-state index contributed by atoms with van der Waals surface area (Å²) in [4.78, 5) is 4.70. The molecule has 0 spiro atoms. The van der Waals surface area contributed by atoms with Crippen molar-refractivity contribution in [3.05, 3.63) is 35.4 Å². The minimum absolute atomic E-state index is 0.0945. The summed E-state index contributed by atoms with van der Waals surface area (Å²) >= 11 is 0. The number of hydrogen-bond donors (Lipinski definition) is 1. The lowest BCUT2D eigenvalue weighted by molar-refractivity contribution is 0.112. The van der Waals surface area contributed by atoms with Crippen LogP contribution >= 0.6 is 0 Å². The van der Waals surface area contributed by atoms with Crippen molar-refractivity contribution in [1.82, 2.24) is 9.80 Å². The molecule has 1 aromatic carbocycles. The molecular weight excluding hydrogens is 276 g/mol. The Balaban J connectivity index is 1.93. The quantitative estimate of drug-likeness (QED) is 0.843. The maximum absolute atomic E-state index is 8.72. The van der Waals surface area contributed by atoms with Gasteiger partial charge in [0.15, 0.2) is 0 Å². The van der Waals surface area contributed by atoms with Crippen molar-refractivity contribution in [3.63, 3.8) is 0 Å². The predicted octanol–water partition coefficient (Wildman–Crippen LogP) is 1.04. The molecule has 0 unspecified atom stereocenters. The van der Waals surface area contributed by atoms with E-state index in [2.05, 4.69) is 47.9 Å². The van der Waals surface area contributed by atoms with Crippen LogP contribution in [0, 0.1) is 17.8 Å². The van der Waals surface area contributed by atoms with Crippen LogP contribution in [-0.2, 0) is 11.3 Å². The van der Waals surface area contributed by atoms with E-state index in [1.165, 1.54) is 5.56 Å². The van der Waals surface area contributed by atoms with Gasteiger partial charge in [-0.25, -0.2) is 0 Å². The van der Waals surface area contributed by atoms with E-state index in [1.54, 1.807) is 0 Å². The molecule has 1 aliphatic rings. The average molecular weight is 302 g/mol. The maximum atomic E-state index is 8.72. The zero-order valence-corrected chi connectivity index (χ0v) is 13.6. The van der Waals surface area contributed by atoms with Gasteiger partial charge in [-0.15, -0.1) is 0 Å². The topological polar surface area (TPSA) is 35.9 Å². The van der Waals surface area contributed by atoms with Gasteiger partial charge in [-0.1, -0.05) is 24.0 Å². The number of nitrogens with zero attached hydrogens (tertiary/aromatic N) is 2. The maximum Gasteiger partial charge on any atom is 0.104 e. The molecule has 1 fully saturated rings. The zero-order chi connectivity index (χ0) is 15.8. The van der Waals surface area contributed by atoms with Crippen LogP contribution in [0.4, 0.5) is 0 Å². The fourth-order valence-corrected chi connectivity index (χ4v) is 2.82. The van der Waals surface area contributed by atoms with E-state index < -0.39 is 0 Å². The molecule has 4 heteroatoms. The van der Waals surface area contributed by atoms with E-state index in [0.717, 1.165) is 45.0 Å². The van der Waals surface area contributed by atoms with Gasteiger partial charge in [-0.05, 0) is 31.8 Å². The standard InChI is InChI=1S/C18H26N2O2/c1-19(2)12-18-14-20(9-11-22-15-18)13-17-7-5-16(6-8-17)4-3-10-21/h5-8,18,21H,9-15H2,1-2H3/t18-/m1/s1. The summed E-state index contributed by atoms with van der Waals surface area (Å²) in [5, 5.41) is 8.72. The van der Waals surface area contributed by atoms with Gasteiger partial charge in [0.2, 0.25) is 0 Å². The van der Waals surface area contributed by atoms with Crippen molar-refractivity contribution in [2.24, 2.45) is 5.92 Å². The Kier molecular flexibility index (Phi) is 6.88. The molecule has 0 saturated carbocycles. The van der Waals surface area contributed by atoms with Gasteiger partial charge in [-0.3, -0.25) is 4.90 Å². The fraction of sp³-hybridized carbons (Fsp3) is 0.556.